The molecule has 1 aliphatic rings. The summed E-state index contributed by atoms with van der Waals surface area (Å²) in [4.78, 5) is 13.6. The molecule has 0 aliphatic carbocycles. The Morgan fingerprint density at radius 1 is 1.12 bits per heavy atom. The maximum absolute atomic E-state index is 12.1. The van der Waals surface area contributed by atoms with Gasteiger partial charge in [-0.3, -0.25) is 15.7 Å². The van der Waals surface area contributed by atoms with Crippen LogP contribution in [0.2, 0.25) is 0 Å². The summed E-state index contributed by atoms with van der Waals surface area (Å²) in [7, 11) is 0. The van der Waals surface area contributed by atoms with E-state index in [0.717, 1.165) is 0 Å². The molecule has 1 heterocycles. The zero-order valence-corrected chi connectivity index (χ0v) is 13.9. The van der Waals surface area contributed by atoms with Crippen LogP contribution in [-0.4, -0.2) is 37.0 Å². The van der Waals surface area contributed by atoms with Crippen LogP contribution in [-0.2, 0) is 4.74 Å². The lowest BCUT2D eigenvalue weighted by Gasteiger charge is -2.14. The largest absolute Gasteiger partial charge is 0.490 e. The van der Waals surface area contributed by atoms with Crippen LogP contribution < -0.4 is 21.1 Å². The van der Waals surface area contributed by atoms with Gasteiger partial charge in [0, 0.05) is 16.8 Å². The van der Waals surface area contributed by atoms with Crippen molar-refractivity contribution >= 4 is 23.5 Å². The fourth-order valence-corrected chi connectivity index (χ4v) is 2.60. The molecule has 6 N–H and O–H groups in total. The first kappa shape index (κ1) is 17.3. The number of benzene rings is 2. The molecule has 0 spiro atoms. The molecule has 1 amide bonds. The smallest absolute Gasteiger partial charge is 0.414 e. The van der Waals surface area contributed by atoms with Crippen LogP contribution in [0.3, 0.4) is 0 Å². The zero-order valence-electron chi connectivity index (χ0n) is 13.9. The molecule has 2 aromatic rings. The van der Waals surface area contributed by atoms with Crippen molar-refractivity contribution in [3.05, 3.63) is 59.7 Å². The van der Waals surface area contributed by atoms with Crippen LogP contribution in [0.4, 0.5) is 10.5 Å². The van der Waals surface area contributed by atoms with Gasteiger partial charge < -0.3 is 20.9 Å². The normalized spacial score (nSPS) is 16.2. The van der Waals surface area contributed by atoms with E-state index in [9.17, 15) is 4.79 Å². The molecule has 2 aromatic carbocycles. The molecular formula is C18H19N5O3. The number of hydrogen-bond donors (Lipinski definition) is 4. The molecule has 26 heavy (non-hydrogen) atoms. The highest BCUT2D eigenvalue weighted by Gasteiger charge is 2.33. The topological polar surface area (TPSA) is 139 Å². The van der Waals surface area contributed by atoms with Crippen molar-refractivity contribution in [2.75, 3.05) is 18.1 Å². The van der Waals surface area contributed by atoms with Gasteiger partial charge in [-0.15, -0.1) is 0 Å². The molecular weight excluding hydrogens is 334 g/mol. The summed E-state index contributed by atoms with van der Waals surface area (Å²) in [5.41, 5.74) is 12.7. The number of amidine groups is 2. The maximum atomic E-state index is 12.1. The lowest BCUT2D eigenvalue weighted by Crippen LogP contribution is -2.27. The fourth-order valence-electron chi connectivity index (χ4n) is 2.60. The van der Waals surface area contributed by atoms with Gasteiger partial charge in [-0.05, 0) is 24.3 Å². The first-order chi connectivity index (χ1) is 12.4. The number of ether oxygens (including phenoxy) is 2. The predicted octanol–water partition coefficient (Wildman–Crippen LogP) is 1.66. The Morgan fingerprint density at radius 3 is 2.46 bits per heavy atom. The van der Waals surface area contributed by atoms with Crippen LogP contribution in [0.25, 0.3) is 0 Å². The molecule has 1 saturated heterocycles. The van der Waals surface area contributed by atoms with Crippen molar-refractivity contribution in [3.63, 3.8) is 0 Å². The number of rotatable bonds is 6. The molecule has 8 nitrogen and oxygen atoms in total. The molecule has 0 aromatic heterocycles. The van der Waals surface area contributed by atoms with Gasteiger partial charge in [0.25, 0.3) is 0 Å². The van der Waals surface area contributed by atoms with Crippen LogP contribution in [0.15, 0.2) is 48.5 Å². The molecule has 0 saturated carbocycles. The number of nitrogens with one attached hydrogen (secondary N) is 2. The Labute approximate surface area is 150 Å². The number of nitrogen functional groups attached to an aromatic ring is 2. The summed E-state index contributed by atoms with van der Waals surface area (Å²) in [6, 6.07) is 13.7. The van der Waals surface area contributed by atoms with Crippen LogP contribution in [0.1, 0.15) is 11.1 Å². The SMILES string of the molecule is N=C(N)c1cccc(OCC2CN(c3cccc(C(=N)N)c3)C(=O)O2)c1. The highest BCUT2D eigenvalue weighted by Crippen LogP contribution is 2.23. The van der Waals surface area contributed by atoms with Crippen molar-refractivity contribution < 1.29 is 14.3 Å². The van der Waals surface area contributed by atoms with Crippen LogP contribution >= 0.6 is 0 Å². The Bertz CT molecular complexity index is 867. The van der Waals surface area contributed by atoms with Crippen molar-refractivity contribution in [3.8, 4) is 5.75 Å². The van der Waals surface area contributed by atoms with Crippen molar-refractivity contribution in [1.29, 1.82) is 10.8 Å². The van der Waals surface area contributed by atoms with E-state index in [1.807, 2.05) is 0 Å². The molecule has 1 atom stereocenters. The van der Waals surface area contributed by atoms with E-state index < -0.39 is 12.2 Å². The number of hydrogen-bond acceptors (Lipinski definition) is 5. The highest BCUT2D eigenvalue weighted by molar-refractivity contribution is 5.97. The average Bonchev–Trinajstić information content (AvgIpc) is 3.01. The molecule has 0 radical (unpaired) electrons. The van der Waals surface area contributed by atoms with Crippen LogP contribution in [0.5, 0.6) is 5.75 Å². The number of carbonyl (C=O) groups is 1. The van der Waals surface area contributed by atoms with E-state index in [1.165, 1.54) is 4.90 Å². The number of nitrogens with two attached hydrogens (primary N) is 2. The molecule has 1 unspecified atom stereocenters. The van der Waals surface area contributed by atoms with Crippen molar-refractivity contribution in [2.45, 2.75) is 6.10 Å². The first-order valence-electron chi connectivity index (χ1n) is 7.94. The third-order valence-corrected chi connectivity index (χ3v) is 3.92. The second-order valence-corrected chi connectivity index (χ2v) is 5.83. The molecule has 1 aliphatic heterocycles. The van der Waals surface area contributed by atoms with Gasteiger partial charge in [-0.2, -0.15) is 0 Å². The van der Waals surface area contributed by atoms with E-state index in [1.54, 1.807) is 48.5 Å². The van der Waals surface area contributed by atoms with Crippen LogP contribution in [0, 0.1) is 10.8 Å². The molecule has 8 heteroatoms. The number of anilines is 1. The summed E-state index contributed by atoms with van der Waals surface area (Å²) in [5, 5.41) is 14.9. The number of cyclic esters (lactones) is 1. The van der Waals surface area contributed by atoms with Gasteiger partial charge in [0.15, 0.2) is 6.10 Å². The summed E-state index contributed by atoms with van der Waals surface area (Å²) >= 11 is 0. The van der Waals surface area contributed by atoms with Gasteiger partial charge in [0.05, 0.1) is 6.54 Å². The van der Waals surface area contributed by atoms with Gasteiger partial charge in [0.1, 0.15) is 24.0 Å². The summed E-state index contributed by atoms with van der Waals surface area (Å²) in [6.45, 7) is 0.503. The lowest BCUT2D eigenvalue weighted by molar-refractivity contribution is 0.105. The Kier molecular flexibility index (Phi) is 4.74. The molecule has 134 valence electrons. The summed E-state index contributed by atoms with van der Waals surface area (Å²) in [6.07, 6.45) is -0.916. The Morgan fingerprint density at radius 2 is 1.77 bits per heavy atom. The van der Waals surface area contributed by atoms with Gasteiger partial charge in [-0.1, -0.05) is 24.3 Å². The zero-order chi connectivity index (χ0) is 18.7. The minimum atomic E-state index is -0.475. The monoisotopic (exact) mass is 353 g/mol. The second kappa shape index (κ2) is 7.14. The molecule has 3 rings (SSSR count). The van der Waals surface area contributed by atoms with E-state index in [2.05, 4.69) is 0 Å². The lowest BCUT2D eigenvalue weighted by atomic mass is 10.1. The fraction of sp³-hybridized carbons (Fsp3) is 0.167. The van der Waals surface area contributed by atoms with Gasteiger partial charge in [0.2, 0.25) is 0 Å². The third-order valence-electron chi connectivity index (χ3n) is 3.92. The van der Waals surface area contributed by atoms with E-state index in [0.29, 0.717) is 29.1 Å². The van der Waals surface area contributed by atoms with Crippen molar-refractivity contribution in [1.82, 2.24) is 0 Å². The van der Waals surface area contributed by atoms with Gasteiger partial charge >= 0.3 is 6.09 Å². The number of amides is 1. The minimum Gasteiger partial charge on any atom is -0.490 e. The van der Waals surface area contributed by atoms with E-state index >= 15 is 0 Å². The molecule has 1 fully saturated rings. The molecule has 0 bridgehead atoms. The third kappa shape index (κ3) is 3.75. The second-order valence-electron chi connectivity index (χ2n) is 5.83. The Balaban J connectivity index is 1.65. The summed E-state index contributed by atoms with van der Waals surface area (Å²) < 4.78 is 11.0. The quantitative estimate of drug-likeness (QED) is 0.462. The summed E-state index contributed by atoms with van der Waals surface area (Å²) in [5.74, 6) is 0.440. The Hall–Kier alpha value is -3.55. The highest BCUT2D eigenvalue weighted by atomic mass is 16.6. The minimum absolute atomic E-state index is 0.0423. The number of carbonyl (C=O) groups excluding carboxylic acids is 1. The number of nitrogens with zero attached hydrogens (tertiary/aromatic N) is 1. The van der Waals surface area contributed by atoms with E-state index in [4.69, 9.17) is 31.8 Å². The van der Waals surface area contributed by atoms with Gasteiger partial charge in [-0.25, -0.2) is 4.79 Å². The van der Waals surface area contributed by atoms with Crippen molar-refractivity contribution in [2.24, 2.45) is 11.5 Å². The first-order valence-corrected chi connectivity index (χ1v) is 7.94. The predicted molar refractivity (Wildman–Crippen MR) is 98.0 cm³/mol. The van der Waals surface area contributed by atoms with E-state index in [-0.39, 0.29) is 18.3 Å². The maximum Gasteiger partial charge on any atom is 0.414 e. The average molecular weight is 353 g/mol. The standard InChI is InChI=1S/C18H19N5O3/c19-16(20)11-3-1-5-13(7-11)23-9-15(26-18(23)24)10-25-14-6-2-4-12(8-14)17(21)22/h1-8,15H,9-10H2,(H3,19,20)(H3,21,22).